The van der Waals surface area contributed by atoms with Gasteiger partial charge < -0.3 is 15.4 Å². The van der Waals surface area contributed by atoms with Gasteiger partial charge >= 0.3 is 0 Å². The Morgan fingerprint density at radius 1 is 1.47 bits per heavy atom. The first-order valence-corrected chi connectivity index (χ1v) is 6.18. The lowest BCUT2D eigenvalue weighted by molar-refractivity contribution is 0.120. The van der Waals surface area contributed by atoms with E-state index in [-0.39, 0.29) is 11.5 Å². The van der Waals surface area contributed by atoms with Crippen LogP contribution in [0.1, 0.15) is 33.6 Å². The molecular formula is C12H26N2O. The maximum atomic E-state index is 6.09. The standard InChI is InChI=1S/C12H26N2O/c1-4-6-7-14(5-2)9-12(3)10-15-8-11(12)13/h11H,4-10,13H2,1-3H3. The van der Waals surface area contributed by atoms with Crippen LogP contribution in [-0.2, 0) is 4.74 Å². The molecule has 3 nitrogen and oxygen atoms in total. The Balaban J connectivity index is 2.42. The SMILES string of the molecule is CCCCN(CC)CC1(C)COCC1N. The molecule has 1 saturated heterocycles. The second kappa shape index (κ2) is 5.83. The first-order chi connectivity index (χ1) is 7.12. The van der Waals surface area contributed by atoms with E-state index in [2.05, 4.69) is 25.7 Å². The van der Waals surface area contributed by atoms with E-state index in [1.165, 1.54) is 19.4 Å². The molecule has 2 unspecified atom stereocenters. The highest BCUT2D eigenvalue weighted by Crippen LogP contribution is 2.28. The van der Waals surface area contributed by atoms with Gasteiger partial charge in [-0.05, 0) is 19.5 Å². The molecule has 0 aromatic rings. The van der Waals surface area contributed by atoms with Crippen molar-refractivity contribution in [1.29, 1.82) is 0 Å². The van der Waals surface area contributed by atoms with Gasteiger partial charge in [0.2, 0.25) is 0 Å². The molecule has 0 saturated carbocycles. The zero-order chi connectivity index (χ0) is 11.3. The van der Waals surface area contributed by atoms with Crippen LogP contribution in [0.15, 0.2) is 0 Å². The van der Waals surface area contributed by atoms with Crippen LogP contribution in [0.4, 0.5) is 0 Å². The van der Waals surface area contributed by atoms with E-state index in [1.807, 2.05) is 0 Å². The van der Waals surface area contributed by atoms with Crippen LogP contribution in [0.2, 0.25) is 0 Å². The zero-order valence-corrected chi connectivity index (χ0v) is 10.5. The van der Waals surface area contributed by atoms with Crippen molar-refractivity contribution in [2.24, 2.45) is 11.1 Å². The van der Waals surface area contributed by atoms with Crippen LogP contribution in [0.5, 0.6) is 0 Å². The summed E-state index contributed by atoms with van der Waals surface area (Å²) in [5, 5.41) is 0. The van der Waals surface area contributed by atoms with Crippen molar-refractivity contribution in [1.82, 2.24) is 4.90 Å². The fourth-order valence-electron chi connectivity index (χ4n) is 2.13. The van der Waals surface area contributed by atoms with E-state index >= 15 is 0 Å². The van der Waals surface area contributed by atoms with Crippen molar-refractivity contribution < 1.29 is 4.74 Å². The summed E-state index contributed by atoms with van der Waals surface area (Å²) < 4.78 is 5.47. The number of hydrogen-bond acceptors (Lipinski definition) is 3. The largest absolute Gasteiger partial charge is 0.379 e. The molecule has 0 bridgehead atoms. The van der Waals surface area contributed by atoms with Gasteiger partial charge in [0.1, 0.15) is 0 Å². The van der Waals surface area contributed by atoms with Gasteiger partial charge in [-0.2, -0.15) is 0 Å². The van der Waals surface area contributed by atoms with Crippen molar-refractivity contribution in [2.75, 3.05) is 32.8 Å². The maximum Gasteiger partial charge on any atom is 0.0624 e. The minimum Gasteiger partial charge on any atom is -0.379 e. The Kier molecular flexibility index (Phi) is 5.03. The van der Waals surface area contributed by atoms with Crippen molar-refractivity contribution in [3.63, 3.8) is 0 Å². The van der Waals surface area contributed by atoms with Gasteiger partial charge in [-0.15, -0.1) is 0 Å². The Morgan fingerprint density at radius 3 is 2.67 bits per heavy atom. The van der Waals surface area contributed by atoms with Gasteiger partial charge in [0.15, 0.2) is 0 Å². The minimum absolute atomic E-state index is 0.156. The summed E-state index contributed by atoms with van der Waals surface area (Å²) in [5.41, 5.74) is 6.25. The third-order valence-corrected chi connectivity index (χ3v) is 3.48. The molecule has 0 radical (unpaired) electrons. The molecule has 1 aliphatic rings. The van der Waals surface area contributed by atoms with Gasteiger partial charge in [0.05, 0.1) is 13.2 Å². The lowest BCUT2D eigenvalue weighted by atomic mass is 9.85. The van der Waals surface area contributed by atoms with E-state index in [0.29, 0.717) is 0 Å². The molecule has 1 fully saturated rings. The van der Waals surface area contributed by atoms with Crippen molar-refractivity contribution in [2.45, 2.75) is 39.7 Å². The molecule has 1 aliphatic heterocycles. The quantitative estimate of drug-likeness (QED) is 0.728. The van der Waals surface area contributed by atoms with E-state index in [1.54, 1.807) is 0 Å². The van der Waals surface area contributed by atoms with Gasteiger partial charge in [0.25, 0.3) is 0 Å². The average Bonchev–Trinajstić information content (AvgIpc) is 2.54. The average molecular weight is 214 g/mol. The molecule has 2 atom stereocenters. The second-order valence-corrected chi connectivity index (χ2v) is 5.00. The number of unbranched alkanes of at least 4 members (excludes halogenated alkanes) is 1. The van der Waals surface area contributed by atoms with Crippen LogP contribution >= 0.6 is 0 Å². The van der Waals surface area contributed by atoms with Crippen LogP contribution in [0.3, 0.4) is 0 Å². The predicted molar refractivity (Wildman–Crippen MR) is 63.9 cm³/mol. The van der Waals surface area contributed by atoms with Crippen LogP contribution in [-0.4, -0.2) is 43.8 Å². The third kappa shape index (κ3) is 3.44. The smallest absolute Gasteiger partial charge is 0.0624 e. The van der Waals surface area contributed by atoms with E-state index < -0.39 is 0 Å². The van der Waals surface area contributed by atoms with E-state index in [0.717, 1.165) is 26.3 Å². The number of ether oxygens (including phenoxy) is 1. The molecule has 1 heterocycles. The Morgan fingerprint density at radius 2 is 2.20 bits per heavy atom. The minimum atomic E-state index is 0.156. The molecule has 0 aromatic carbocycles. The Hall–Kier alpha value is -0.120. The first kappa shape index (κ1) is 12.9. The Labute approximate surface area is 94.0 Å². The fourth-order valence-corrected chi connectivity index (χ4v) is 2.13. The molecule has 90 valence electrons. The lowest BCUT2D eigenvalue weighted by Crippen LogP contribution is -2.47. The molecule has 2 N–H and O–H groups in total. The second-order valence-electron chi connectivity index (χ2n) is 5.00. The van der Waals surface area contributed by atoms with Crippen LogP contribution in [0, 0.1) is 5.41 Å². The summed E-state index contributed by atoms with van der Waals surface area (Å²) in [4.78, 5) is 2.50. The highest BCUT2D eigenvalue weighted by molar-refractivity contribution is 4.92. The van der Waals surface area contributed by atoms with E-state index in [9.17, 15) is 0 Å². The monoisotopic (exact) mass is 214 g/mol. The molecule has 0 aromatic heterocycles. The highest BCUT2D eigenvalue weighted by atomic mass is 16.5. The molecule has 0 spiro atoms. The lowest BCUT2D eigenvalue weighted by Gasteiger charge is -2.33. The number of nitrogens with zero attached hydrogens (tertiary/aromatic N) is 1. The van der Waals surface area contributed by atoms with Crippen molar-refractivity contribution in [3.05, 3.63) is 0 Å². The number of hydrogen-bond donors (Lipinski definition) is 1. The molecule has 0 aliphatic carbocycles. The van der Waals surface area contributed by atoms with Gasteiger partial charge in [-0.1, -0.05) is 27.2 Å². The highest BCUT2D eigenvalue weighted by Gasteiger charge is 2.38. The normalized spacial score (nSPS) is 31.4. The molecule has 15 heavy (non-hydrogen) atoms. The summed E-state index contributed by atoms with van der Waals surface area (Å²) in [7, 11) is 0. The summed E-state index contributed by atoms with van der Waals surface area (Å²) in [5.74, 6) is 0. The molecule has 1 rings (SSSR count). The van der Waals surface area contributed by atoms with Crippen LogP contribution < -0.4 is 5.73 Å². The summed E-state index contributed by atoms with van der Waals surface area (Å²) in [6, 6.07) is 0.202. The maximum absolute atomic E-state index is 6.09. The number of rotatable bonds is 6. The summed E-state index contributed by atoms with van der Waals surface area (Å²) >= 11 is 0. The molecular weight excluding hydrogens is 188 g/mol. The third-order valence-electron chi connectivity index (χ3n) is 3.48. The predicted octanol–water partition coefficient (Wildman–Crippen LogP) is 1.47. The van der Waals surface area contributed by atoms with Crippen molar-refractivity contribution in [3.8, 4) is 0 Å². The van der Waals surface area contributed by atoms with Gasteiger partial charge in [-0.25, -0.2) is 0 Å². The Bertz CT molecular complexity index is 186. The molecule has 0 amide bonds. The molecule has 3 heteroatoms. The topological polar surface area (TPSA) is 38.5 Å². The van der Waals surface area contributed by atoms with Gasteiger partial charge in [-0.3, -0.25) is 0 Å². The van der Waals surface area contributed by atoms with E-state index in [4.69, 9.17) is 10.5 Å². The first-order valence-electron chi connectivity index (χ1n) is 6.18. The summed E-state index contributed by atoms with van der Waals surface area (Å²) in [6.45, 7) is 11.6. The van der Waals surface area contributed by atoms with Crippen molar-refractivity contribution >= 4 is 0 Å². The summed E-state index contributed by atoms with van der Waals surface area (Å²) in [6.07, 6.45) is 2.54. The van der Waals surface area contributed by atoms with Gasteiger partial charge in [0, 0.05) is 18.0 Å². The zero-order valence-electron chi connectivity index (χ0n) is 10.5. The van der Waals surface area contributed by atoms with Crippen LogP contribution in [0.25, 0.3) is 0 Å². The fraction of sp³-hybridized carbons (Fsp3) is 1.00. The number of nitrogens with two attached hydrogens (primary N) is 1.